The molecule has 0 unspecified atom stereocenters. The summed E-state index contributed by atoms with van der Waals surface area (Å²) < 4.78 is 5.34. The highest BCUT2D eigenvalue weighted by atomic mass is 16.6. The van der Waals surface area contributed by atoms with Crippen LogP contribution in [0.1, 0.15) is 6.92 Å². The molecule has 2 rings (SSSR count). The van der Waals surface area contributed by atoms with Crippen LogP contribution in [0.2, 0.25) is 0 Å². The molecule has 0 heterocycles. The van der Waals surface area contributed by atoms with Crippen molar-refractivity contribution in [3.8, 4) is 5.75 Å². The van der Waals surface area contributed by atoms with Gasteiger partial charge in [-0.05, 0) is 43.3 Å². The molecule has 0 amide bonds. The molecule has 0 aliphatic heterocycles. The summed E-state index contributed by atoms with van der Waals surface area (Å²) in [5.41, 5.74) is 7.00. The van der Waals surface area contributed by atoms with Gasteiger partial charge in [0.15, 0.2) is 0 Å². The van der Waals surface area contributed by atoms with Crippen molar-refractivity contribution in [1.82, 2.24) is 0 Å². The number of ether oxygens (including phenoxy) is 1. The summed E-state index contributed by atoms with van der Waals surface area (Å²) in [5, 5.41) is 14.0. The third-order valence-electron chi connectivity index (χ3n) is 2.66. The number of nitrogens with zero attached hydrogens (tertiary/aromatic N) is 1. The number of rotatable bonds is 5. The van der Waals surface area contributed by atoms with Gasteiger partial charge in [0.05, 0.1) is 11.5 Å². The number of nitrogens with two attached hydrogens (primary N) is 1. The van der Waals surface area contributed by atoms with E-state index in [-0.39, 0.29) is 5.69 Å². The molecular weight excluding hydrogens is 258 g/mol. The van der Waals surface area contributed by atoms with E-state index in [0.29, 0.717) is 18.0 Å². The van der Waals surface area contributed by atoms with E-state index in [1.54, 1.807) is 36.4 Å². The maximum atomic E-state index is 11.0. The highest BCUT2D eigenvalue weighted by Gasteiger charge is 2.14. The van der Waals surface area contributed by atoms with Crippen LogP contribution in [0.5, 0.6) is 5.75 Å². The lowest BCUT2D eigenvalue weighted by Crippen LogP contribution is -1.98. The smallest absolute Gasteiger partial charge is 0.294 e. The van der Waals surface area contributed by atoms with Crippen molar-refractivity contribution in [3.63, 3.8) is 0 Å². The predicted molar refractivity (Wildman–Crippen MR) is 78.4 cm³/mol. The number of anilines is 3. The molecule has 2 aromatic rings. The molecule has 0 saturated heterocycles. The van der Waals surface area contributed by atoms with E-state index < -0.39 is 4.92 Å². The minimum Gasteiger partial charge on any atom is -0.494 e. The molecule has 6 heteroatoms. The van der Waals surface area contributed by atoms with Crippen molar-refractivity contribution in [2.45, 2.75) is 6.92 Å². The van der Waals surface area contributed by atoms with Gasteiger partial charge in [-0.3, -0.25) is 10.1 Å². The molecule has 6 nitrogen and oxygen atoms in total. The molecule has 0 atom stereocenters. The molecule has 0 aromatic heterocycles. The molecule has 0 saturated carbocycles. The number of hydrogen-bond acceptors (Lipinski definition) is 5. The van der Waals surface area contributed by atoms with Crippen LogP contribution in [0.3, 0.4) is 0 Å². The highest BCUT2D eigenvalue weighted by Crippen LogP contribution is 2.30. The van der Waals surface area contributed by atoms with E-state index in [2.05, 4.69) is 5.32 Å². The average molecular weight is 273 g/mol. The standard InChI is InChI=1S/C14H15N3O3/c1-2-20-12-6-4-11(5-7-12)16-13-8-3-10(15)9-14(13)17(18)19/h3-9,16H,2,15H2,1H3. The SMILES string of the molecule is CCOc1ccc(Nc2ccc(N)cc2[N+](=O)[O-])cc1. The summed E-state index contributed by atoms with van der Waals surface area (Å²) in [7, 11) is 0. The molecule has 3 N–H and O–H groups in total. The molecule has 20 heavy (non-hydrogen) atoms. The molecule has 0 aliphatic rings. The summed E-state index contributed by atoms with van der Waals surface area (Å²) in [6.45, 7) is 2.50. The normalized spacial score (nSPS) is 10.1. The Kier molecular flexibility index (Phi) is 4.05. The monoisotopic (exact) mass is 273 g/mol. The number of benzene rings is 2. The predicted octanol–water partition coefficient (Wildman–Crippen LogP) is 3.32. The lowest BCUT2D eigenvalue weighted by Gasteiger charge is -2.09. The van der Waals surface area contributed by atoms with Crippen LogP contribution < -0.4 is 15.8 Å². The Bertz CT molecular complexity index is 612. The van der Waals surface area contributed by atoms with Gasteiger partial charge in [0, 0.05) is 17.4 Å². The zero-order valence-corrected chi connectivity index (χ0v) is 11.0. The van der Waals surface area contributed by atoms with Crippen LogP contribution in [0.4, 0.5) is 22.7 Å². The minimum atomic E-state index is -0.465. The number of nitrogens with one attached hydrogen (secondary N) is 1. The lowest BCUT2D eigenvalue weighted by molar-refractivity contribution is -0.383. The van der Waals surface area contributed by atoms with Gasteiger partial charge in [0.25, 0.3) is 5.69 Å². The van der Waals surface area contributed by atoms with Crippen LogP contribution >= 0.6 is 0 Å². The topological polar surface area (TPSA) is 90.4 Å². The summed E-state index contributed by atoms with van der Waals surface area (Å²) in [6, 6.07) is 11.7. The van der Waals surface area contributed by atoms with Crippen LogP contribution in [0.15, 0.2) is 42.5 Å². The third-order valence-corrected chi connectivity index (χ3v) is 2.66. The van der Waals surface area contributed by atoms with Crippen molar-refractivity contribution in [2.75, 3.05) is 17.7 Å². The quantitative estimate of drug-likeness (QED) is 0.495. The average Bonchev–Trinajstić information content (AvgIpc) is 2.43. The molecule has 104 valence electrons. The first-order valence-corrected chi connectivity index (χ1v) is 6.14. The summed E-state index contributed by atoms with van der Waals surface area (Å²) in [6.07, 6.45) is 0. The van der Waals surface area contributed by atoms with Gasteiger partial charge in [-0.25, -0.2) is 0 Å². The van der Waals surface area contributed by atoms with E-state index >= 15 is 0 Å². The summed E-state index contributed by atoms with van der Waals surface area (Å²) in [4.78, 5) is 10.5. The van der Waals surface area contributed by atoms with Crippen LogP contribution in [-0.4, -0.2) is 11.5 Å². The van der Waals surface area contributed by atoms with E-state index in [4.69, 9.17) is 10.5 Å². The molecule has 2 aromatic carbocycles. The second-order valence-corrected chi connectivity index (χ2v) is 4.12. The fourth-order valence-electron chi connectivity index (χ4n) is 1.76. The molecule has 0 fully saturated rings. The van der Waals surface area contributed by atoms with Crippen molar-refractivity contribution in [3.05, 3.63) is 52.6 Å². The minimum absolute atomic E-state index is 0.0566. The zero-order chi connectivity index (χ0) is 14.5. The number of nitrogen functional groups attached to an aromatic ring is 1. The van der Waals surface area contributed by atoms with Crippen LogP contribution in [-0.2, 0) is 0 Å². The molecule has 0 aliphatic carbocycles. The lowest BCUT2D eigenvalue weighted by atomic mass is 10.2. The van der Waals surface area contributed by atoms with Gasteiger partial charge < -0.3 is 15.8 Å². The fraction of sp³-hybridized carbons (Fsp3) is 0.143. The second-order valence-electron chi connectivity index (χ2n) is 4.12. The third kappa shape index (κ3) is 3.17. The van der Waals surface area contributed by atoms with E-state index in [1.807, 2.05) is 6.92 Å². The Morgan fingerprint density at radius 2 is 1.95 bits per heavy atom. The Labute approximate surface area is 116 Å². The second kappa shape index (κ2) is 5.92. The number of nitro benzene ring substituents is 1. The highest BCUT2D eigenvalue weighted by molar-refractivity contribution is 5.72. The van der Waals surface area contributed by atoms with Gasteiger partial charge in [-0.15, -0.1) is 0 Å². The van der Waals surface area contributed by atoms with Gasteiger partial charge in [0.2, 0.25) is 0 Å². The van der Waals surface area contributed by atoms with E-state index in [0.717, 1.165) is 11.4 Å². The first kappa shape index (κ1) is 13.7. The Morgan fingerprint density at radius 1 is 1.25 bits per heavy atom. The summed E-state index contributed by atoms with van der Waals surface area (Å²) >= 11 is 0. The van der Waals surface area contributed by atoms with Crippen molar-refractivity contribution in [2.24, 2.45) is 0 Å². The van der Waals surface area contributed by atoms with Crippen molar-refractivity contribution < 1.29 is 9.66 Å². The van der Waals surface area contributed by atoms with Crippen molar-refractivity contribution in [1.29, 1.82) is 0 Å². The fourth-order valence-corrected chi connectivity index (χ4v) is 1.76. The maximum absolute atomic E-state index is 11.0. The first-order chi connectivity index (χ1) is 9.60. The van der Waals surface area contributed by atoms with Gasteiger partial charge in [0.1, 0.15) is 11.4 Å². The number of nitro groups is 1. The van der Waals surface area contributed by atoms with Crippen molar-refractivity contribution >= 4 is 22.7 Å². The Balaban J connectivity index is 2.23. The molecule has 0 bridgehead atoms. The Morgan fingerprint density at radius 3 is 2.55 bits per heavy atom. The molecule has 0 radical (unpaired) electrons. The van der Waals surface area contributed by atoms with Gasteiger partial charge in [-0.2, -0.15) is 0 Å². The largest absolute Gasteiger partial charge is 0.494 e. The van der Waals surface area contributed by atoms with E-state index in [1.165, 1.54) is 6.07 Å². The first-order valence-electron chi connectivity index (χ1n) is 6.14. The summed E-state index contributed by atoms with van der Waals surface area (Å²) in [5.74, 6) is 0.754. The number of hydrogen-bond donors (Lipinski definition) is 2. The van der Waals surface area contributed by atoms with Gasteiger partial charge >= 0.3 is 0 Å². The molecule has 0 spiro atoms. The van der Waals surface area contributed by atoms with E-state index in [9.17, 15) is 10.1 Å². The van der Waals surface area contributed by atoms with Crippen LogP contribution in [0.25, 0.3) is 0 Å². The zero-order valence-electron chi connectivity index (χ0n) is 11.0. The molecular formula is C14H15N3O3. The maximum Gasteiger partial charge on any atom is 0.294 e. The van der Waals surface area contributed by atoms with Crippen LogP contribution in [0, 0.1) is 10.1 Å². The van der Waals surface area contributed by atoms with Gasteiger partial charge in [-0.1, -0.05) is 0 Å². The Hall–Kier alpha value is -2.76.